The van der Waals surface area contributed by atoms with Gasteiger partial charge in [0.2, 0.25) is 0 Å². The molecule has 2 heterocycles. The number of hydrogen-bond acceptors (Lipinski definition) is 3. The summed E-state index contributed by atoms with van der Waals surface area (Å²) in [7, 11) is 0. The van der Waals surface area contributed by atoms with Crippen molar-refractivity contribution in [2.45, 2.75) is 20.4 Å². The zero-order valence-electron chi connectivity index (χ0n) is 11.3. The average molecular weight is 258 g/mol. The second-order valence-electron chi connectivity index (χ2n) is 4.73. The van der Waals surface area contributed by atoms with Gasteiger partial charge in [0.05, 0.1) is 6.54 Å². The highest BCUT2D eigenvalue weighted by atomic mass is 16.6. The van der Waals surface area contributed by atoms with Crippen LogP contribution in [0, 0.1) is 13.8 Å². The maximum atomic E-state index is 5.71. The predicted molar refractivity (Wildman–Crippen MR) is 74.4 cm³/mol. The van der Waals surface area contributed by atoms with Crippen molar-refractivity contribution in [3.05, 3.63) is 47.3 Å². The van der Waals surface area contributed by atoms with Crippen molar-refractivity contribution in [2.24, 2.45) is 0 Å². The van der Waals surface area contributed by atoms with E-state index in [0.29, 0.717) is 19.8 Å². The molecule has 19 heavy (non-hydrogen) atoms. The quantitative estimate of drug-likeness (QED) is 0.919. The first-order chi connectivity index (χ1) is 9.25. The average Bonchev–Trinajstić information content (AvgIpc) is 2.76. The summed E-state index contributed by atoms with van der Waals surface area (Å²) >= 11 is 0. The molecule has 1 aromatic heterocycles. The van der Waals surface area contributed by atoms with E-state index < -0.39 is 0 Å². The third kappa shape index (κ3) is 2.26. The Labute approximate surface area is 112 Å². The van der Waals surface area contributed by atoms with Crippen molar-refractivity contribution >= 4 is 0 Å². The molecule has 1 N–H and O–H groups in total. The van der Waals surface area contributed by atoms with Crippen LogP contribution in [0.5, 0.6) is 11.5 Å². The number of aromatic nitrogens is 1. The van der Waals surface area contributed by atoms with E-state index in [2.05, 4.69) is 42.1 Å². The molecular formula is C15H18N2O2. The number of nitrogens with one attached hydrogen (secondary N) is 1. The first-order valence-corrected chi connectivity index (χ1v) is 6.52. The van der Waals surface area contributed by atoms with E-state index >= 15 is 0 Å². The minimum absolute atomic E-state index is 0.617. The number of ether oxygens (including phenoxy) is 2. The lowest BCUT2D eigenvalue weighted by Gasteiger charge is -2.22. The highest BCUT2D eigenvalue weighted by Gasteiger charge is 2.15. The van der Waals surface area contributed by atoms with Crippen LogP contribution in [0.15, 0.2) is 30.3 Å². The summed E-state index contributed by atoms with van der Waals surface area (Å²) in [5.74, 6) is 1.70. The van der Waals surface area contributed by atoms with Crippen molar-refractivity contribution in [1.29, 1.82) is 0 Å². The topological polar surface area (TPSA) is 35.4 Å². The fraction of sp³-hybridized carbons (Fsp3) is 0.333. The number of fused-ring (bicyclic) bond motifs is 1. The maximum absolute atomic E-state index is 5.71. The third-order valence-electron chi connectivity index (χ3n) is 3.35. The number of hydrogen-bond donors (Lipinski definition) is 1. The fourth-order valence-electron chi connectivity index (χ4n) is 2.36. The largest absolute Gasteiger partial charge is 0.486 e. The lowest BCUT2D eigenvalue weighted by Crippen LogP contribution is -2.20. The van der Waals surface area contributed by atoms with Gasteiger partial charge in [0.1, 0.15) is 13.2 Å². The first kappa shape index (κ1) is 12.0. The van der Waals surface area contributed by atoms with Gasteiger partial charge in [0, 0.05) is 17.0 Å². The number of aryl methyl sites for hydroxylation is 2. The molecule has 4 nitrogen and oxygen atoms in total. The number of para-hydroxylation sites is 1. The lowest BCUT2D eigenvalue weighted by atomic mass is 10.2. The van der Waals surface area contributed by atoms with Gasteiger partial charge < -0.3 is 14.9 Å². The highest BCUT2D eigenvalue weighted by molar-refractivity contribution is 5.47. The Bertz CT molecular complexity index is 570. The summed E-state index contributed by atoms with van der Waals surface area (Å²) in [5, 5.41) is 0. The monoisotopic (exact) mass is 258 g/mol. The maximum Gasteiger partial charge on any atom is 0.166 e. The third-order valence-corrected chi connectivity index (χ3v) is 3.35. The van der Waals surface area contributed by atoms with E-state index in [1.807, 2.05) is 12.1 Å². The van der Waals surface area contributed by atoms with Crippen LogP contribution in [0.25, 0.3) is 0 Å². The van der Waals surface area contributed by atoms with Crippen LogP contribution >= 0.6 is 0 Å². The van der Waals surface area contributed by atoms with Gasteiger partial charge in [-0.1, -0.05) is 12.1 Å². The summed E-state index contributed by atoms with van der Waals surface area (Å²) in [6.45, 7) is 6.12. The molecule has 3 rings (SSSR count). The summed E-state index contributed by atoms with van der Waals surface area (Å²) in [4.78, 5) is 0. The standard InChI is InChI=1S/C15H18N2O2/c1-11-6-7-12(2)17(11)16-10-13-4-3-5-14-15(13)19-9-8-18-14/h3-7,16H,8-10H2,1-2H3. The number of nitrogens with zero attached hydrogens (tertiary/aromatic N) is 1. The van der Waals surface area contributed by atoms with E-state index in [1.165, 1.54) is 11.4 Å². The van der Waals surface area contributed by atoms with Gasteiger partial charge in [-0.05, 0) is 32.0 Å². The number of rotatable bonds is 3. The second kappa shape index (κ2) is 4.88. The Morgan fingerprint density at radius 3 is 2.58 bits per heavy atom. The Balaban J connectivity index is 1.81. The molecule has 0 radical (unpaired) electrons. The van der Waals surface area contributed by atoms with Gasteiger partial charge in [-0.3, -0.25) is 4.68 Å². The van der Waals surface area contributed by atoms with Crippen LogP contribution in [-0.4, -0.2) is 17.9 Å². The molecule has 1 aliphatic rings. The molecule has 0 unspecified atom stereocenters. The molecule has 0 amide bonds. The minimum atomic E-state index is 0.617. The zero-order valence-corrected chi connectivity index (χ0v) is 11.3. The van der Waals surface area contributed by atoms with Crippen molar-refractivity contribution in [2.75, 3.05) is 18.6 Å². The van der Waals surface area contributed by atoms with Gasteiger partial charge in [0.25, 0.3) is 0 Å². The van der Waals surface area contributed by atoms with E-state index in [0.717, 1.165) is 17.1 Å². The molecule has 0 atom stereocenters. The van der Waals surface area contributed by atoms with Gasteiger partial charge in [-0.2, -0.15) is 0 Å². The summed E-state index contributed by atoms with van der Waals surface area (Å²) in [5.41, 5.74) is 6.91. The molecular weight excluding hydrogens is 240 g/mol. The lowest BCUT2D eigenvalue weighted by molar-refractivity contribution is 0.170. The van der Waals surface area contributed by atoms with Crippen molar-refractivity contribution in [3.8, 4) is 11.5 Å². The zero-order chi connectivity index (χ0) is 13.2. The minimum Gasteiger partial charge on any atom is -0.486 e. The second-order valence-corrected chi connectivity index (χ2v) is 4.73. The van der Waals surface area contributed by atoms with Crippen LogP contribution in [0.4, 0.5) is 0 Å². The van der Waals surface area contributed by atoms with Crippen LogP contribution in [0.3, 0.4) is 0 Å². The molecule has 100 valence electrons. The van der Waals surface area contributed by atoms with Crippen molar-refractivity contribution in [3.63, 3.8) is 0 Å². The molecule has 4 heteroatoms. The van der Waals surface area contributed by atoms with Crippen LogP contribution in [-0.2, 0) is 6.54 Å². The predicted octanol–water partition coefficient (Wildman–Crippen LogP) is 2.62. The van der Waals surface area contributed by atoms with Gasteiger partial charge in [-0.25, -0.2) is 0 Å². The molecule has 0 saturated heterocycles. The van der Waals surface area contributed by atoms with Crippen LogP contribution < -0.4 is 14.9 Å². The van der Waals surface area contributed by atoms with Crippen LogP contribution in [0.2, 0.25) is 0 Å². The molecule has 0 spiro atoms. The highest BCUT2D eigenvalue weighted by Crippen LogP contribution is 2.33. The molecule has 0 fully saturated rings. The molecule has 1 aliphatic heterocycles. The Kier molecular flexibility index (Phi) is 3.07. The van der Waals surface area contributed by atoms with Gasteiger partial charge >= 0.3 is 0 Å². The van der Waals surface area contributed by atoms with Gasteiger partial charge in [-0.15, -0.1) is 0 Å². The molecule has 0 bridgehead atoms. The molecule has 1 aromatic carbocycles. The normalized spacial score (nSPS) is 13.4. The van der Waals surface area contributed by atoms with E-state index in [4.69, 9.17) is 9.47 Å². The SMILES string of the molecule is Cc1ccc(C)n1NCc1cccc2c1OCCO2. The van der Waals surface area contributed by atoms with Crippen LogP contribution in [0.1, 0.15) is 17.0 Å². The molecule has 0 aliphatic carbocycles. The van der Waals surface area contributed by atoms with E-state index in [-0.39, 0.29) is 0 Å². The smallest absolute Gasteiger partial charge is 0.166 e. The Morgan fingerprint density at radius 2 is 1.79 bits per heavy atom. The van der Waals surface area contributed by atoms with E-state index in [9.17, 15) is 0 Å². The molecule has 2 aromatic rings. The summed E-state index contributed by atoms with van der Waals surface area (Å²) in [6.07, 6.45) is 0. The number of benzene rings is 1. The fourth-order valence-corrected chi connectivity index (χ4v) is 2.36. The van der Waals surface area contributed by atoms with Crippen molar-refractivity contribution < 1.29 is 9.47 Å². The Hall–Kier alpha value is -2.10. The summed E-state index contributed by atoms with van der Waals surface area (Å²) in [6, 6.07) is 10.2. The van der Waals surface area contributed by atoms with Gasteiger partial charge in [0.15, 0.2) is 11.5 Å². The van der Waals surface area contributed by atoms with Crippen molar-refractivity contribution in [1.82, 2.24) is 4.68 Å². The Morgan fingerprint density at radius 1 is 1.05 bits per heavy atom. The first-order valence-electron chi connectivity index (χ1n) is 6.52. The van der Waals surface area contributed by atoms with E-state index in [1.54, 1.807) is 0 Å². The molecule has 0 saturated carbocycles. The summed E-state index contributed by atoms with van der Waals surface area (Å²) < 4.78 is 13.4.